The number of ether oxygens (including phenoxy) is 2. The minimum absolute atomic E-state index is 0.00853. The van der Waals surface area contributed by atoms with Crippen LogP contribution in [0.15, 0.2) is 60.2 Å². The number of alkyl halides is 2. The molecule has 10 nitrogen and oxygen atoms in total. The highest BCUT2D eigenvalue weighted by Gasteiger charge is 2.34. The fraction of sp³-hybridized carbons (Fsp3) is 0.360. The minimum atomic E-state index is -2.58. The molecular formula is C25H28F2N6O4. The van der Waals surface area contributed by atoms with Gasteiger partial charge >= 0.3 is 0 Å². The maximum atomic E-state index is 12.8. The number of carbonyl (C=O) groups is 2. The number of carbonyl (C=O) groups excluding carboxylic acids is 2. The standard InChI is InChI=1S/C25H28F2N6O4/c1-14(32-25(35)18-11-31-33-12-16(5-6-20(18)33)36-13-21(26)27)8-15-9-17(10-15)37-24(29)22(23(28)34)19-4-2-3-7-30-19/h2-7,11-12,14-15,17,21,29-30H,8-10,13H2,1H3,(H2,28,34)(H,32,35)/b22-19-,29-24?/t14-,15?,17?/m0/s1. The van der Waals surface area contributed by atoms with Crippen molar-refractivity contribution < 1.29 is 27.8 Å². The van der Waals surface area contributed by atoms with Crippen molar-refractivity contribution in [1.82, 2.24) is 20.2 Å². The van der Waals surface area contributed by atoms with Crippen molar-refractivity contribution in [3.8, 4) is 5.75 Å². The molecule has 1 fully saturated rings. The first kappa shape index (κ1) is 25.9. The predicted molar refractivity (Wildman–Crippen MR) is 131 cm³/mol. The summed E-state index contributed by atoms with van der Waals surface area (Å²) in [5, 5.41) is 18.2. The quantitative estimate of drug-likeness (QED) is 0.218. The Hall–Kier alpha value is -4.22. The molecule has 3 heterocycles. The molecule has 196 valence electrons. The topological polar surface area (TPSA) is 144 Å². The summed E-state index contributed by atoms with van der Waals surface area (Å²) in [6, 6.07) is 2.98. The van der Waals surface area contributed by atoms with E-state index in [1.54, 1.807) is 30.5 Å². The molecule has 1 atom stereocenters. The first-order chi connectivity index (χ1) is 17.7. The fourth-order valence-electron chi connectivity index (χ4n) is 4.35. The molecule has 0 radical (unpaired) electrons. The Labute approximate surface area is 211 Å². The Morgan fingerprint density at radius 3 is 2.78 bits per heavy atom. The second kappa shape index (κ2) is 11.2. The second-order valence-electron chi connectivity index (χ2n) is 8.99. The van der Waals surface area contributed by atoms with E-state index in [-0.39, 0.29) is 41.2 Å². The molecule has 5 N–H and O–H groups in total. The SMILES string of the molecule is C[C@@H](CC1CC(OC(=N)/C(C(N)=O)=C2/C=CC=CN2)C1)NC(=O)c1cnn2cc(OCC(F)F)ccc12. The summed E-state index contributed by atoms with van der Waals surface area (Å²) in [7, 11) is 0. The van der Waals surface area contributed by atoms with Crippen LogP contribution in [0.25, 0.3) is 5.52 Å². The van der Waals surface area contributed by atoms with Crippen molar-refractivity contribution in [2.24, 2.45) is 11.7 Å². The van der Waals surface area contributed by atoms with Gasteiger partial charge in [0, 0.05) is 12.2 Å². The van der Waals surface area contributed by atoms with Gasteiger partial charge in [-0.25, -0.2) is 13.3 Å². The fourth-order valence-corrected chi connectivity index (χ4v) is 4.35. The van der Waals surface area contributed by atoms with Crippen molar-refractivity contribution in [3.05, 3.63) is 65.8 Å². The Morgan fingerprint density at radius 1 is 1.32 bits per heavy atom. The molecule has 12 heteroatoms. The summed E-state index contributed by atoms with van der Waals surface area (Å²) >= 11 is 0. The van der Waals surface area contributed by atoms with E-state index in [9.17, 15) is 18.4 Å². The maximum Gasteiger partial charge on any atom is 0.272 e. The summed E-state index contributed by atoms with van der Waals surface area (Å²) in [5.41, 5.74) is 6.75. The summed E-state index contributed by atoms with van der Waals surface area (Å²) in [6.07, 6.45) is 8.92. The van der Waals surface area contributed by atoms with E-state index in [1.807, 2.05) is 6.92 Å². The number of nitrogens with one attached hydrogen (secondary N) is 3. The zero-order valence-electron chi connectivity index (χ0n) is 20.1. The van der Waals surface area contributed by atoms with Crippen LogP contribution >= 0.6 is 0 Å². The molecule has 0 spiro atoms. The number of halogens is 2. The van der Waals surface area contributed by atoms with Gasteiger partial charge in [-0.2, -0.15) is 5.10 Å². The number of primary amides is 1. The van der Waals surface area contributed by atoms with Crippen LogP contribution in [0.3, 0.4) is 0 Å². The lowest BCUT2D eigenvalue weighted by Crippen LogP contribution is -2.40. The zero-order chi connectivity index (χ0) is 26.5. The highest BCUT2D eigenvalue weighted by Crippen LogP contribution is 2.34. The van der Waals surface area contributed by atoms with E-state index < -0.39 is 18.9 Å². The van der Waals surface area contributed by atoms with E-state index in [2.05, 4.69) is 15.7 Å². The molecule has 0 aromatic carbocycles. The highest BCUT2D eigenvalue weighted by molar-refractivity contribution is 6.17. The average molecular weight is 515 g/mol. The predicted octanol–water partition coefficient (Wildman–Crippen LogP) is 2.67. The molecule has 2 aromatic heterocycles. The van der Waals surface area contributed by atoms with Crippen LogP contribution in [0.5, 0.6) is 5.75 Å². The lowest BCUT2D eigenvalue weighted by atomic mass is 9.78. The van der Waals surface area contributed by atoms with E-state index in [1.165, 1.54) is 23.0 Å². The lowest BCUT2D eigenvalue weighted by molar-refractivity contribution is -0.114. The second-order valence-corrected chi connectivity index (χ2v) is 8.99. The molecule has 4 rings (SSSR count). The third kappa shape index (κ3) is 6.32. The van der Waals surface area contributed by atoms with E-state index >= 15 is 0 Å². The largest absolute Gasteiger partial charge is 0.486 e. The first-order valence-corrected chi connectivity index (χ1v) is 11.8. The Bertz CT molecular complexity index is 1280. The number of hydrogen-bond donors (Lipinski definition) is 4. The van der Waals surface area contributed by atoms with E-state index in [0.29, 0.717) is 36.0 Å². The van der Waals surface area contributed by atoms with Gasteiger partial charge in [0.15, 0.2) is 0 Å². The minimum Gasteiger partial charge on any atom is -0.486 e. The van der Waals surface area contributed by atoms with Gasteiger partial charge in [-0.1, -0.05) is 6.08 Å². The van der Waals surface area contributed by atoms with Gasteiger partial charge in [0.2, 0.25) is 5.90 Å². The first-order valence-electron chi connectivity index (χ1n) is 11.8. The van der Waals surface area contributed by atoms with Gasteiger partial charge in [0.1, 0.15) is 24.0 Å². The lowest BCUT2D eigenvalue weighted by Gasteiger charge is -2.37. The molecular weight excluding hydrogens is 486 g/mol. The van der Waals surface area contributed by atoms with Gasteiger partial charge in [-0.15, -0.1) is 0 Å². The van der Waals surface area contributed by atoms with Crippen molar-refractivity contribution >= 4 is 23.2 Å². The van der Waals surface area contributed by atoms with E-state index in [4.69, 9.17) is 20.6 Å². The third-order valence-electron chi connectivity index (χ3n) is 6.10. The Morgan fingerprint density at radius 2 is 2.11 bits per heavy atom. The van der Waals surface area contributed by atoms with Crippen LogP contribution in [0, 0.1) is 11.3 Å². The maximum absolute atomic E-state index is 12.8. The molecule has 0 bridgehead atoms. The molecule has 1 aliphatic carbocycles. The van der Waals surface area contributed by atoms with Gasteiger partial charge < -0.3 is 25.8 Å². The normalized spacial score (nSPS) is 20.6. The molecule has 2 aromatic rings. The number of hydrogen-bond acceptors (Lipinski definition) is 7. The highest BCUT2D eigenvalue weighted by atomic mass is 19.3. The molecule has 37 heavy (non-hydrogen) atoms. The molecule has 2 amide bonds. The van der Waals surface area contributed by atoms with Crippen molar-refractivity contribution in [2.75, 3.05) is 6.61 Å². The number of allylic oxidation sites excluding steroid dienone is 3. The summed E-state index contributed by atoms with van der Waals surface area (Å²) in [6.45, 7) is 1.18. The summed E-state index contributed by atoms with van der Waals surface area (Å²) in [5.74, 6) is -0.794. The molecule has 0 saturated heterocycles. The summed E-state index contributed by atoms with van der Waals surface area (Å²) in [4.78, 5) is 24.7. The number of nitrogens with two attached hydrogens (primary N) is 1. The Kier molecular flexibility index (Phi) is 7.85. The van der Waals surface area contributed by atoms with E-state index in [0.717, 1.165) is 0 Å². The average Bonchev–Trinajstić information content (AvgIpc) is 3.25. The van der Waals surface area contributed by atoms with Crippen molar-refractivity contribution in [2.45, 2.75) is 44.8 Å². The number of amides is 2. The number of pyridine rings is 1. The third-order valence-corrected chi connectivity index (χ3v) is 6.10. The number of rotatable bonds is 10. The van der Waals surface area contributed by atoms with Crippen molar-refractivity contribution in [3.63, 3.8) is 0 Å². The van der Waals surface area contributed by atoms with Crippen LogP contribution in [-0.2, 0) is 9.53 Å². The molecule has 1 aliphatic heterocycles. The van der Waals surface area contributed by atoms with Crippen LogP contribution in [-0.4, -0.2) is 52.5 Å². The smallest absolute Gasteiger partial charge is 0.272 e. The van der Waals surface area contributed by atoms with Crippen LogP contribution < -0.4 is 21.1 Å². The monoisotopic (exact) mass is 514 g/mol. The van der Waals surface area contributed by atoms with Crippen LogP contribution in [0.1, 0.15) is 36.5 Å². The molecule has 2 aliphatic rings. The molecule has 0 unspecified atom stereocenters. The number of aromatic nitrogens is 2. The zero-order valence-corrected chi connectivity index (χ0v) is 20.1. The van der Waals surface area contributed by atoms with Gasteiger partial charge in [0.05, 0.1) is 29.2 Å². The number of dihydropyridines is 1. The van der Waals surface area contributed by atoms with Crippen molar-refractivity contribution in [1.29, 1.82) is 5.41 Å². The van der Waals surface area contributed by atoms with Crippen LogP contribution in [0.4, 0.5) is 8.78 Å². The van der Waals surface area contributed by atoms with Gasteiger partial charge in [-0.3, -0.25) is 15.0 Å². The summed E-state index contributed by atoms with van der Waals surface area (Å²) < 4.78 is 36.8. The van der Waals surface area contributed by atoms with Gasteiger partial charge in [-0.05, 0) is 56.4 Å². The Balaban J connectivity index is 1.26. The number of fused-ring (bicyclic) bond motifs is 1. The number of nitrogens with zero attached hydrogens (tertiary/aromatic N) is 2. The van der Waals surface area contributed by atoms with Crippen LogP contribution in [0.2, 0.25) is 0 Å². The molecule has 1 saturated carbocycles. The van der Waals surface area contributed by atoms with Gasteiger partial charge in [0.25, 0.3) is 18.2 Å².